The second-order valence-corrected chi connectivity index (χ2v) is 6.61. The van der Waals surface area contributed by atoms with Crippen LogP contribution in [-0.2, 0) is 4.79 Å². The fraction of sp³-hybridized carbons (Fsp3) is 0.929. The molecule has 0 unspecified atom stereocenters. The largest absolute Gasteiger partial charge is 0.389 e. The highest BCUT2D eigenvalue weighted by Crippen LogP contribution is 2.61. The Bertz CT molecular complexity index is 260. The van der Waals surface area contributed by atoms with E-state index in [1.165, 1.54) is 38.5 Å². The minimum absolute atomic E-state index is 0.0377. The Hall–Kier alpha value is -0.370. The summed E-state index contributed by atoms with van der Waals surface area (Å²) in [6.45, 7) is -0.258. The van der Waals surface area contributed by atoms with E-state index < -0.39 is 0 Å². The van der Waals surface area contributed by atoms with Crippen LogP contribution in [0.3, 0.4) is 0 Å². The third-order valence-corrected chi connectivity index (χ3v) is 5.28. The Morgan fingerprint density at radius 1 is 1.06 bits per heavy atom. The standard InChI is InChI=1S/C14H22O2/c15-9-13(16)1-2-14-6-10-3-11(7-14)5-12(4-10)8-14/h10-12,15H,1-9H2. The zero-order valence-corrected chi connectivity index (χ0v) is 9.95. The number of hydrogen-bond donors (Lipinski definition) is 1. The van der Waals surface area contributed by atoms with E-state index >= 15 is 0 Å². The molecule has 4 saturated carbocycles. The molecule has 1 N–H and O–H groups in total. The van der Waals surface area contributed by atoms with Crippen molar-refractivity contribution in [3.63, 3.8) is 0 Å². The molecule has 2 nitrogen and oxygen atoms in total. The van der Waals surface area contributed by atoms with Crippen molar-refractivity contribution in [1.82, 2.24) is 0 Å². The lowest BCUT2D eigenvalue weighted by Gasteiger charge is -2.57. The summed E-state index contributed by atoms with van der Waals surface area (Å²) in [4.78, 5) is 11.3. The zero-order valence-electron chi connectivity index (χ0n) is 9.95. The molecule has 16 heavy (non-hydrogen) atoms. The quantitative estimate of drug-likeness (QED) is 0.793. The zero-order chi connectivity index (χ0) is 11.2. The van der Waals surface area contributed by atoms with Gasteiger partial charge in [0.05, 0.1) is 0 Å². The number of Topliss-reactive ketones (excluding diaryl/α,β-unsaturated/α-hetero) is 1. The summed E-state index contributed by atoms with van der Waals surface area (Å²) in [6, 6.07) is 0. The first-order valence-corrected chi connectivity index (χ1v) is 6.82. The topological polar surface area (TPSA) is 37.3 Å². The molecule has 0 saturated heterocycles. The van der Waals surface area contributed by atoms with Gasteiger partial charge in [-0.3, -0.25) is 4.79 Å². The summed E-state index contributed by atoms with van der Waals surface area (Å²) in [5.74, 6) is 2.94. The SMILES string of the molecule is O=C(CO)CCC12CC3CC(CC(C3)C1)C2. The van der Waals surface area contributed by atoms with E-state index in [0.717, 1.165) is 24.2 Å². The molecule has 0 aromatic rings. The van der Waals surface area contributed by atoms with Gasteiger partial charge in [0.2, 0.25) is 0 Å². The lowest BCUT2D eigenvalue weighted by molar-refractivity contribution is -0.124. The number of aliphatic hydroxyl groups excluding tert-OH is 1. The van der Waals surface area contributed by atoms with Crippen molar-refractivity contribution >= 4 is 5.78 Å². The first kappa shape index (κ1) is 10.8. The Morgan fingerprint density at radius 2 is 1.56 bits per heavy atom. The summed E-state index contributed by atoms with van der Waals surface area (Å²) >= 11 is 0. The molecular formula is C14H22O2. The lowest BCUT2D eigenvalue weighted by Crippen LogP contribution is -2.46. The third-order valence-electron chi connectivity index (χ3n) is 5.28. The second-order valence-electron chi connectivity index (χ2n) is 6.61. The molecule has 0 atom stereocenters. The van der Waals surface area contributed by atoms with Gasteiger partial charge in [0, 0.05) is 6.42 Å². The first-order chi connectivity index (χ1) is 7.69. The molecule has 0 aromatic heterocycles. The van der Waals surface area contributed by atoms with Crippen LogP contribution in [0.1, 0.15) is 51.4 Å². The molecule has 4 aliphatic carbocycles. The van der Waals surface area contributed by atoms with Gasteiger partial charge in [-0.2, -0.15) is 0 Å². The predicted molar refractivity (Wildman–Crippen MR) is 61.9 cm³/mol. The monoisotopic (exact) mass is 222 g/mol. The highest BCUT2D eigenvalue weighted by molar-refractivity contribution is 5.79. The smallest absolute Gasteiger partial charge is 0.158 e. The van der Waals surface area contributed by atoms with Gasteiger partial charge < -0.3 is 5.11 Å². The van der Waals surface area contributed by atoms with Crippen LogP contribution in [-0.4, -0.2) is 17.5 Å². The molecule has 4 bridgehead atoms. The van der Waals surface area contributed by atoms with E-state index in [9.17, 15) is 4.79 Å². The fourth-order valence-electron chi connectivity index (χ4n) is 5.08. The van der Waals surface area contributed by atoms with E-state index in [1.54, 1.807) is 0 Å². The molecule has 0 amide bonds. The van der Waals surface area contributed by atoms with Gasteiger partial charge in [-0.25, -0.2) is 0 Å². The average Bonchev–Trinajstić information content (AvgIpc) is 2.24. The molecule has 90 valence electrons. The van der Waals surface area contributed by atoms with Crippen molar-refractivity contribution in [3.05, 3.63) is 0 Å². The van der Waals surface area contributed by atoms with Gasteiger partial charge in [0.25, 0.3) is 0 Å². The van der Waals surface area contributed by atoms with Gasteiger partial charge in [-0.05, 0) is 68.1 Å². The minimum atomic E-state index is -0.258. The van der Waals surface area contributed by atoms with Crippen molar-refractivity contribution in [2.75, 3.05) is 6.61 Å². The second kappa shape index (κ2) is 3.83. The van der Waals surface area contributed by atoms with Crippen molar-refractivity contribution in [2.45, 2.75) is 51.4 Å². The highest BCUT2D eigenvalue weighted by atomic mass is 16.3. The number of carbonyl (C=O) groups is 1. The number of aliphatic hydroxyl groups is 1. The maximum absolute atomic E-state index is 11.3. The Kier molecular flexibility index (Phi) is 2.58. The highest BCUT2D eigenvalue weighted by Gasteiger charge is 2.50. The minimum Gasteiger partial charge on any atom is -0.389 e. The number of ketones is 1. The summed E-state index contributed by atoms with van der Waals surface area (Å²) in [7, 11) is 0. The predicted octanol–water partition coefficient (Wildman–Crippen LogP) is 2.54. The Labute approximate surface area is 97.4 Å². The molecule has 0 aliphatic heterocycles. The summed E-state index contributed by atoms with van der Waals surface area (Å²) in [6.07, 6.45) is 10.2. The van der Waals surface area contributed by atoms with Crippen LogP contribution in [0, 0.1) is 23.2 Å². The number of rotatable bonds is 4. The van der Waals surface area contributed by atoms with Crippen LogP contribution in [0.2, 0.25) is 0 Å². The molecule has 4 rings (SSSR count). The van der Waals surface area contributed by atoms with E-state index in [1.807, 2.05) is 0 Å². The molecule has 0 heterocycles. The summed E-state index contributed by atoms with van der Waals surface area (Å²) < 4.78 is 0. The Balaban J connectivity index is 1.67. The van der Waals surface area contributed by atoms with Crippen LogP contribution >= 0.6 is 0 Å². The number of carbonyl (C=O) groups excluding carboxylic acids is 1. The van der Waals surface area contributed by atoms with Crippen molar-refractivity contribution in [3.8, 4) is 0 Å². The molecule has 4 fully saturated rings. The molecule has 0 spiro atoms. The summed E-state index contributed by atoms with van der Waals surface area (Å²) in [5, 5.41) is 8.80. The van der Waals surface area contributed by atoms with E-state index in [-0.39, 0.29) is 12.4 Å². The van der Waals surface area contributed by atoms with Crippen LogP contribution in [0.15, 0.2) is 0 Å². The van der Waals surface area contributed by atoms with Crippen molar-refractivity contribution < 1.29 is 9.90 Å². The average molecular weight is 222 g/mol. The molecule has 2 heteroatoms. The van der Waals surface area contributed by atoms with E-state index in [2.05, 4.69) is 0 Å². The Morgan fingerprint density at radius 3 is 2.00 bits per heavy atom. The van der Waals surface area contributed by atoms with Crippen molar-refractivity contribution in [2.24, 2.45) is 23.2 Å². The third kappa shape index (κ3) is 1.81. The molecule has 0 aromatic carbocycles. The fourth-order valence-corrected chi connectivity index (χ4v) is 5.08. The van der Waals surface area contributed by atoms with Gasteiger partial charge in [0.1, 0.15) is 6.61 Å². The normalized spacial score (nSPS) is 44.9. The lowest BCUT2D eigenvalue weighted by atomic mass is 9.48. The molecule has 0 radical (unpaired) electrons. The van der Waals surface area contributed by atoms with Gasteiger partial charge in [-0.1, -0.05) is 0 Å². The molecule has 4 aliphatic rings. The van der Waals surface area contributed by atoms with Crippen LogP contribution in [0.25, 0.3) is 0 Å². The van der Waals surface area contributed by atoms with E-state index in [0.29, 0.717) is 11.8 Å². The van der Waals surface area contributed by atoms with Gasteiger partial charge in [-0.15, -0.1) is 0 Å². The van der Waals surface area contributed by atoms with Gasteiger partial charge >= 0.3 is 0 Å². The summed E-state index contributed by atoms with van der Waals surface area (Å²) in [5.41, 5.74) is 0.500. The molecular weight excluding hydrogens is 200 g/mol. The van der Waals surface area contributed by atoms with Crippen LogP contribution in [0.4, 0.5) is 0 Å². The first-order valence-electron chi connectivity index (χ1n) is 6.82. The van der Waals surface area contributed by atoms with Gasteiger partial charge in [0.15, 0.2) is 5.78 Å². The maximum Gasteiger partial charge on any atom is 0.158 e. The van der Waals surface area contributed by atoms with E-state index in [4.69, 9.17) is 5.11 Å². The van der Waals surface area contributed by atoms with Crippen LogP contribution in [0.5, 0.6) is 0 Å². The van der Waals surface area contributed by atoms with Crippen molar-refractivity contribution in [1.29, 1.82) is 0 Å². The number of hydrogen-bond acceptors (Lipinski definition) is 2. The van der Waals surface area contributed by atoms with Crippen LogP contribution < -0.4 is 0 Å². The maximum atomic E-state index is 11.3.